The Labute approximate surface area is 111 Å². The van der Waals surface area contributed by atoms with Gasteiger partial charge in [0, 0.05) is 18.8 Å². The van der Waals surface area contributed by atoms with Crippen molar-refractivity contribution in [1.82, 2.24) is 14.5 Å². The van der Waals surface area contributed by atoms with Gasteiger partial charge < -0.3 is 10.5 Å². The molecular weight excluding hydrogens is 244 g/mol. The zero-order chi connectivity index (χ0) is 14.0. The van der Waals surface area contributed by atoms with Gasteiger partial charge in [-0.2, -0.15) is 0 Å². The molecule has 6 heteroatoms. The van der Waals surface area contributed by atoms with Gasteiger partial charge in [0.25, 0.3) is 0 Å². The number of esters is 1. The van der Waals surface area contributed by atoms with Gasteiger partial charge in [0.05, 0.1) is 12.8 Å². The fraction of sp³-hybridized carbons (Fsp3) is 0.308. The number of imidazole rings is 1. The zero-order valence-corrected chi connectivity index (χ0v) is 11.2. The number of rotatable bonds is 3. The molecule has 0 aliphatic heterocycles. The lowest BCUT2D eigenvalue weighted by molar-refractivity contribution is 0.0596. The van der Waals surface area contributed by atoms with Crippen LogP contribution in [0.15, 0.2) is 18.5 Å². The predicted molar refractivity (Wildman–Crippen MR) is 71.2 cm³/mol. The molecule has 2 aromatic rings. The van der Waals surface area contributed by atoms with Crippen molar-refractivity contribution in [3.63, 3.8) is 0 Å². The molecule has 0 saturated heterocycles. The van der Waals surface area contributed by atoms with Gasteiger partial charge in [0.2, 0.25) is 0 Å². The van der Waals surface area contributed by atoms with Crippen molar-refractivity contribution in [2.24, 2.45) is 0 Å². The molecule has 2 heterocycles. The van der Waals surface area contributed by atoms with Crippen molar-refractivity contribution >= 4 is 11.8 Å². The summed E-state index contributed by atoms with van der Waals surface area (Å²) in [5, 5.41) is 0. The molecule has 0 radical (unpaired) electrons. The van der Waals surface area contributed by atoms with E-state index in [-0.39, 0.29) is 11.5 Å². The number of carbonyl (C=O) groups is 1. The molecule has 0 aromatic carbocycles. The standard InChI is InChI=1S/C13H16N4O2/c1-4-10-16-11(13(18)19-3)12(14)17(10)9-5-6-15-7-8(9)2/h5-7H,4,14H2,1-3H3. The Morgan fingerprint density at radius 2 is 2.26 bits per heavy atom. The maximum atomic E-state index is 11.6. The molecule has 0 amide bonds. The van der Waals surface area contributed by atoms with Crippen LogP contribution in [0.25, 0.3) is 5.69 Å². The van der Waals surface area contributed by atoms with E-state index in [1.54, 1.807) is 17.0 Å². The highest BCUT2D eigenvalue weighted by atomic mass is 16.5. The van der Waals surface area contributed by atoms with Crippen LogP contribution in [-0.2, 0) is 11.2 Å². The summed E-state index contributed by atoms with van der Waals surface area (Å²) in [6.45, 7) is 3.88. The van der Waals surface area contributed by atoms with Crippen molar-refractivity contribution in [3.05, 3.63) is 35.5 Å². The molecule has 0 aliphatic rings. The van der Waals surface area contributed by atoms with E-state index in [9.17, 15) is 4.79 Å². The molecule has 0 atom stereocenters. The van der Waals surface area contributed by atoms with Crippen LogP contribution < -0.4 is 5.73 Å². The van der Waals surface area contributed by atoms with Crippen molar-refractivity contribution in [2.45, 2.75) is 20.3 Å². The first-order valence-electron chi connectivity index (χ1n) is 5.96. The number of aryl methyl sites for hydroxylation is 2. The van der Waals surface area contributed by atoms with Gasteiger partial charge >= 0.3 is 5.97 Å². The molecule has 2 N–H and O–H groups in total. The number of ether oxygens (including phenoxy) is 1. The molecule has 100 valence electrons. The highest BCUT2D eigenvalue weighted by molar-refractivity contribution is 5.92. The van der Waals surface area contributed by atoms with Crippen molar-refractivity contribution < 1.29 is 9.53 Å². The second-order valence-electron chi connectivity index (χ2n) is 4.10. The predicted octanol–water partition coefficient (Wildman–Crippen LogP) is 1.51. The highest BCUT2D eigenvalue weighted by Crippen LogP contribution is 2.23. The van der Waals surface area contributed by atoms with E-state index in [4.69, 9.17) is 5.73 Å². The molecule has 0 bridgehead atoms. The van der Waals surface area contributed by atoms with Gasteiger partial charge in [-0.15, -0.1) is 0 Å². The maximum Gasteiger partial charge on any atom is 0.360 e. The maximum absolute atomic E-state index is 11.6. The molecule has 0 unspecified atom stereocenters. The van der Waals surface area contributed by atoms with Crippen LogP contribution in [0, 0.1) is 6.92 Å². The van der Waals surface area contributed by atoms with Crippen molar-refractivity contribution in [1.29, 1.82) is 0 Å². The smallest absolute Gasteiger partial charge is 0.360 e. The first kappa shape index (κ1) is 13.1. The number of nitrogens with two attached hydrogens (primary N) is 1. The van der Waals surface area contributed by atoms with Crippen molar-refractivity contribution in [2.75, 3.05) is 12.8 Å². The van der Waals surface area contributed by atoms with Crippen molar-refractivity contribution in [3.8, 4) is 5.69 Å². The molecule has 6 nitrogen and oxygen atoms in total. The molecule has 2 rings (SSSR count). The quantitative estimate of drug-likeness (QED) is 0.846. The van der Waals surface area contributed by atoms with Gasteiger partial charge in [-0.1, -0.05) is 6.92 Å². The van der Waals surface area contributed by atoms with Crippen LogP contribution in [0.2, 0.25) is 0 Å². The molecule has 0 saturated carbocycles. The third kappa shape index (κ3) is 2.16. The summed E-state index contributed by atoms with van der Waals surface area (Å²) in [5.41, 5.74) is 8.01. The second-order valence-corrected chi connectivity index (χ2v) is 4.10. The van der Waals surface area contributed by atoms with Gasteiger partial charge in [-0.3, -0.25) is 9.55 Å². The number of hydrogen-bond acceptors (Lipinski definition) is 5. The Balaban J connectivity index is 2.66. The lowest BCUT2D eigenvalue weighted by Gasteiger charge is -2.11. The molecule has 2 aromatic heterocycles. The average molecular weight is 260 g/mol. The van der Waals surface area contributed by atoms with Gasteiger partial charge in [0.1, 0.15) is 11.6 Å². The summed E-state index contributed by atoms with van der Waals surface area (Å²) in [5.74, 6) is 0.475. The fourth-order valence-electron chi connectivity index (χ4n) is 1.95. The number of nitrogens with zero attached hydrogens (tertiary/aromatic N) is 3. The van der Waals surface area contributed by atoms with E-state index >= 15 is 0 Å². The van der Waals surface area contributed by atoms with Crippen LogP contribution in [0.1, 0.15) is 28.8 Å². The lowest BCUT2D eigenvalue weighted by Crippen LogP contribution is -2.09. The summed E-state index contributed by atoms with van der Waals surface area (Å²) in [6.07, 6.45) is 4.08. The summed E-state index contributed by atoms with van der Waals surface area (Å²) in [7, 11) is 1.31. The van der Waals surface area contributed by atoms with Crippen LogP contribution in [0.5, 0.6) is 0 Å². The van der Waals surface area contributed by atoms with E-state index in [1.165, 1.54) is 7.11 Å². The van der Waals surface area contributed by atoms with Crippen LogP contribution in [0.4, 0.5) is 5.82 Å². The lowest BCUT2D eigenvalue weighted by atomic mass is 10.2. The Kier molecular flexibility index (Phi) is 3.50. The van der Waals surface area contributed by atoms with Crippen LogP contribution in [-0.4, -0.2) is 27.6 Å². The van der Waals surface area contributed by atoms with Gasteiger partial charge in [0.15, 0.2) is 5.69 Å². The average Bonchev–Trinajstić information content (AvgIpc) is 2.75. The normalized spacial score (nSPS) is 10.5. The molecule has 0 spiro atoms. The Morgan fingerprint density at radius 3 is 2.84 bits per heavy atom. The van der Waals surface area contributed by atoms with Gasteiger partial charge in [-0.05, 0) is 18.6 Å². The van der Waals surface area contributed by atoms with E-state index in [2.05, 4.69) is 14.7 Å². The minimum absolute atomic E-state index is 0.149. The number of carbonyl (C=O) groups excluding carboxylic acids is 1. The number of anilines is 1. The number of nitrogen functional groups attached to an aromatic ring is 1. The van der Waals surface area contributed by atoms with E-state index in [0.717, 1.165) is 11.3 Å². The molecule has 19 heavy (non-hydrogen) atoms. The Hall–Kier alpha value is -2.37. The Morgan fingerprint density at radius 1 is 1.53 bits per heavy atom. The second kappa shape index (κ2) is 5.09. The first-order valence-corrected chi connectivity index (χ1v) is 5.96. The summed E-state index contributed by atoms with van der Waals surface area (Å²) in [6, 6.07) is 1.84. The van der Waals surface area contributed by atoms with E-state index < -0.39 is 5.97 Å². The number of hydrogen-bond donors (Lipinski definition) is 1. The molecular formula is C13H16N4O2. The molecule has 0 aliphatic carbocycles. The van der Waals surface area contributed by atoms with E-state index in [0.29, 0.717) is 12.2 Å². The topological polar surface area (TPSA) is 83.0 Å². The number of methoxy groups -OCH3 is 1. The fourth-order valence-corrected chi connectivity index (χ4v) is 1.95. The first-order chi connectivity index (χ1) is 9.10. The molecule has 0 fully saturated rings. The number of pyridine rings is 1. The van der Waals surface area contributed by atoms with Crippen LogP contribution >= 0.6 is 0 Å². The largest absolute Gasteiger partial charge is 0.464 e. The van der Waals surface area contributed by atoms with Gasteiger partial charge in [-0.25, -0.2) is 9.78 Å². The minimum atomic E-state index is -0.530. The SMILES string of the molecule is CCc1nc(C(=O)OC)c(N)n1-c1ccncc1C. The Bertz CT molecular complexity index is 619. The van der Waals surface area contributed by atoms with E-state index in [1.807, 2.05) is 19.9 Å². The third-order valence-corrected chi connectivity index (χ3v) is 2.91. The monoisotopic (exact) mass is 260 g/mol. The van der Waals surface area contributed by atoms with Crippen LogP contribution in [0.3, 0.4) is 0 Å². The minimum Gasteiger partial charge on any atom is -0.464 e. The highest BCUT2D eigenvalue weighted by Gasteiger charge is 2.21. The summed E-state index contributed by atoms with van der Waals surface area (Å²) >= 11 is 0. The summed E-state index contributed by atoms with van der Waals surface area (Å²) < 4.78 is 6.46. The zero-order valence-electron chi connectivity index (χ0n) is 11.2. The number of aromatic nitrogens is 3. The third-order valence-electron chi connectivity index (χ3n) is 2.91. The summed E-state index contributed by atoms with van der Waals surface area (Å²) in [4.78, 5) is 19.9.